The highest BCUT2D eigenvalue weighted by molar-refractivity contribution is 5.46. The largest absolute Gasteiger partial charge is 0.497 e. The second kappa shape index (κ2) is 7.30. The van der Waals surface area contributed by atoms with Gasteiger partial charge in [-0.3, -0.25) is 4.98 Å². The molecule has 1 aromatic heterocycles. The normalized spacial score (nSPS) is 9.95. The Bertz CT molecular complexity index is 620. The Morgan fingerprint density at radius 1 is 1.24 bits per heavy atom. The maximum Gasteiger partial charge on any atom is 0.122 e. The van der Waals surface area contributed by atoms with Crippen molar-refractivity contribution in [2.45, 2.75) is 19.9 Å². The lowest BCUT2D eigenvalue weighted by Gasteiger charge is -2.23. The van der Waals surface area contributed by atoms with Gasteiger partial charge in [0, 0.05) is 30.1 Å². The summed E-state index contributed by atoms with van der Waals surface area (Å²) in [5, 5.41) is 8.84. The molecule has 2 aromatic rings. The number of nitriles is 1. The highest BCUT2D eigenvalue weighted by Gasteiger charge is 2.09. The van der Waals surface area contributed by atoms with Crippen LogP contribution in [0, 0.1) is 18.3 Å². The lowest BCUT2D eigenvalue weighted by atomic mass is 10.2. The van der Waals surface area contributed by atoms with Crippen molar-refractivity contribution < 1.29 is 4.74 Å². The van der Waals surface area contributed by atoms with E-state index in [0.717, 1.165) is 22.8 Å². The van der Waals surface area contributed by atoms with E-state index in [1.165, 1.54) is 0 Å². The number of anilines is 1. The van der Waals surface area contributed by atoms with E-state index in [-0.39, 0.29) is 0 Å². The number of benzene rings is 1. The van der Waals surface area contributed by atoms with Gasteiger partial charge in [-0.05, 0) is 19.1 Å². The number of nitrogens with zero attached hydrogens (tertiary/aromatic N) is 3. The van der Waals surface area contributed by atoms with E-state index in [2.05, 4.69) is 16.0 Å². The van der Waals surface area contributed by atoms with Gasteiger partial charge in [-0.15, -0.1) is 0 Å². The Morgan fingerprint density at radius 3 is 2.67 bits per heavy atom. The molecule has 0 unspecified atom stereocenters. The summed E-state index contributed by atoms with van der Waals surface area (Å²) in [4.78, 5) is 6.71. The van der Waals surface area contributed by atoms with Crippen LogP contribution in [0.2, 0.25) is 0 Å². The molecule has 0 atom stereocenters. The summed E-state index contributed by atoms with van der Waals surface area (Å²) in [7, 11) is 1.66. The summed E-state index contributed by atoms with van der Waals surface area (Å²) in [6.07, 6.45) is 0.484. The number of para-hydroxylation sites is 1. The van der Waals surface area contributed by atoms with E-state index in [4.69, 9.17) is 10.00 Å². The number of rotatable bonds is 6. The van der Waals surface area contributed by atoms with Crippen LogP contribution in [-0.4, -0.2) is 18.6 Å². The molecule has 0 radical (unpaired) electrons. The zero-order valence-corrected chi connectivity index (χ0v) is 12.4. The maximum atomic E-state index is 8.84. The predicted octanol–water partition coefficient (Wildman–Crippen LogP) is 3.32. The van der Waals surface area contributed by atoms with Gasteiger partial charge in [-0.2, -0.15) is 5.26 Å². The van der Waals surface area contributed by atoms with Gasteiger partial charge >= 0.3 is 0 Å². The molecule has 21 heavy (non-hydrogen) atoms. The fourth-order valence-corrected chi connectivity index (χ4v) is 2.22. The number of hydrogen-bond acceptors (Lipinski definition) is 4. The summed E-state index contributed by atoms with van der Waals surface area (Å²) in [6, 6.07) is 16.1. The molecule has 4 heteroatoms. The first-order valence-corrected chi connectivity index (χ1v) is 6.91. The van der Waals surface area contributed by atoms with E-state index in [0.29, 0.717) is 19.5 Å². The molecule has 0 spiro atoms. The van der Waals surface area contributed by atoms with Crippen LogP contribution in [0.25, 0.3) is 0 Å². The smallest absolute Gasteiger partial charge is 0.122 e. The van der Waals surface area contributed by atoms with Crippen molar-refractivity contribution in [1.82, 2.24) is 4.98 Å². The van der Waals surface area contributed by atoms with Gasteiger partial charge in [-0.1, -0.05) is 18.2 Å². The van der Waals surface area contributed by atoms with E-state index >= 15 is 0 Å². The first kappa shape index (κ1) is 14.9. The van der Waals surface area contributed by atoms with Gasteiger partial charge in [0.2, 0.25) is 0 Å². The molecule has 0 amide bonds. The number of ether oxygens (including phenoxy) is 1. The molecule has 0 saturated carbocycles. The van der Waals surface area contributed by atoms with Crippen molar-refractivity contribution in [2.24, 2.45) is 0 Å². The molecule has 4 nitrogen and oxygen atoms in total. The molecule has 1 heterocycles. The van der Waals surface area contributed by atoms with Crippen molar-refractivity contribution >= 4 is 5.69 Å². The van der Waals surface area contributed by atoms with Crippen molar-refractivity contribution in [3.8, 4) is 11.8 Å². The molecule has 108 valence electrons. The third-order valence-electron chi connectivity index (χ3n) is 3.18. The second-order valence-electron chi connectivity index (χ2n) is 4.80. The second-order valence-corrected chi connectivity index (χ2v) is 4.80. The molecule has 0 fully saturated rings. The first-order chi connectivity index (χ1) is 10.2. The zero-order chi connectivity index (χ0) is 15.1. The van der Waals surface area contributed by atoms with Crippen LogP contribution in [0.15, 0.2) is 42.5 Å². The van der Waals surface area contributed by atoms with Gasteiger partial charge in [0.1, 0.15) is 5.75 Å². The number of aromatic nitrogens is 1. The number of pyridine rings is 1. The molecule has 0 saturated heterocycles. The van der Waals surface area contributed by atoms with Gasteiger partial charge < -0.3 is 9.64 Å². The van der Waals surface area contributed by atoms with Crippen LogP contribution >= 0.6 is 0 Å². The first-order valence-electron chi connectivity index (χ1n) is 6.91. The fraction of sp³-hybridized carbons (Fsp3) is 0.294. The number of methoxy groups -OCH3 is 1. The molecule has 0 aliphatic heterocycles. The van der Waals surface area contributed by atoms with Crippen molar-refractivity contribution in [3.05, 3.63) is 53.9 Å². The summed E-state index contributed by atoms with van der Waals surface area (Å²) in [5.74, 6) is 0.811. The summed E-state index contributed by atoms with van der Waals surface area (Å²) < 4.78 is 5.29. The highest BCUT2D eigenvalue weighted by atomic mass is 16.5. The van der Waals surface area contributed by atoms with Crippen molar-refractivity contribution in [3.63, 3.8) is 0 Å². The SMILES string of the molecule is COc1cc(C)nc(CN(CCC#N)c2ccccc2)c1. The van der Waals surface area contributed by atoms with Gasteiger partial charge in [-0.25, -0.2) is 0 Å². The van der Waals surface area contributed by atoms with Crippen molar-refractivity contribution in [1.29, 1.82) is 5.26 Å². The molecule has 1 aromatic carbocycles. The molecular formula is C17H19N3O. The summed E-state index contributed by atoms with van der Waals surface area (Å²) in [6.45, 7) is 3.29. The molecular weight excluding hydrogens is 262 g/mol. The van der Waals surface area contributed by atoms with Crippen LogP contribution in [0.4, 0.5) is 5.69 Å². The van der Waals surface area contributed by atoms with E-state index < -0.39 is 0 Å². The minimum absolute atomic E-state index is 0.484. The number of hydrogen-bond donors (Lipinski definition) is 0. The molecule has 0 bridgehead atoms. The van der Waals surface area contributed by atoms with Crippen LogP contribution in [0.1, 0.15) is 17.8 Å². The Labute approximate surface area is 125 Å². The monoisotopic (exact) mass is 281 g/mol. The molecule has 2 rings (SSSR count). The third kappa shape index (κ3) is 4.22. The Morgan fingerprint density at radius 2 is 2.00 bits per heavy atom. The lowest BCUT2D eigenvalue weighted by Crippen LogP contribution is -2.24. The predicted molar refractivity (Wildman–Crippen MR) is 83.2 cm³/mol. The standard InChI is InChI=1S/C17H19N3O/c1-14-11-17(21-2)12-15(19-14)13-20(10-6-9-18)16-7-4-3-5-8-16/h3-5,7-8,11-12H,6,10,13H2,1-2H3. The Balaban J connectivity index is 2.23. The highest BCUT2D eigenvalue weighted by Crippen LogP contribution is 2.19. The third-order valence-corrected chi connectivity index (χ3v) is 3.18. The molecule has 0 N–H and O–H groups in total. The Hall–Kier alpha value is -2.54. The minimum Gasteiger partial charge on any atom is -0.497 e. The Kier molecular flexibility index (Phi) is 5.16. The summed E-state index contributed by atoms with van der Waals surface area (Å²) >= 11 is 0. The number of aryl methyl sites for hydroxylation is 1. The topological polar surface area (TPSA) is 49.1 Å². The average molecular weight is 281 g/mol. The van der Waals surface area contributed by atoms with Gasteiger partial charge in [0.15, 0.2) is 0 Å². The van der Waals surface area contributed by atoms with Crippen LogP contribution in [-0.2, 0) is 6.54 Å². The lowest BCUT2D eigenvalue weighted by molar-refractivity contribution is 0.413. The molecule has 0 aliphatic rings. The van der Waals surface area contributed by atoms with E-state index in [9.17, 15) is 0 Å². The van der Waals surface area contributed by atoms with Gasteiger partial charge in [0.25, 0.3) is 0 Å². The maximum absolute atomic E-state index is 8.84. The van der Waals surface area contributed by atoms with Crippen LogP contribution in [0.5, 0.6) is 5.75 Å². The fourth-order valence-electron chi connectivity index (χ4n) is 2.22. The zero-order valence-electron chi connectivity index (χ0n) is 12.4. The van der Waals surface area contributed by atoms with E-state index in [1.54, 1.807) is 7.11 Å². The summed E-state index contributed by atoms with van der Waals surface area (Å²) in [5.41, 5.74) is 2.96. The van der Waals surface area contributed by atoms with Gasteiger partial charge in [0.05, 0.1) is 31.8 Å². The van der Waals surface area contributed by atoms with Crippen LogP contribution in [0.3, 0.4) is 0 Å². The molecule has 0 aliphatic carbocycles. The average Bonchev–Trinajstić information content (AvgIpc) is 2.51. The van der Waals surface area contributed by atoms with E-state index in [1.807, 2.05) is 49.4 Å². The van der Waals surface area contributed by atoms with Crippen LogP contribution < -0.4 is 9.64 Å². The minimum atomic E-state index is 0.484. The quantitative estimate of drug-likeness (QED) is 0.815. The van der Waals surface area contributed by atoms with Crippen molar-refractivity contribution in [2.75, 3.05) is 18.6 Å².